The van der Waals surface area contributed by atoms with Crippen molar-refractivity contribution in [3.05, 3.63) is 0 Å². The van der Waals surface area contributed by atoms with Gasteiger partial charge in [0.05, 0.1) is 5.41 Å². The molecule has 27 heavy (non-hydrogen) atoms. The van der Waals surface area contributed by atoms with Crippen molar-refractivity contribution in [2.45, 2.75) is 38.5 Å². The third kappa shape index (κ3) is 3.09. The van der Waals surface area contributed by atoms with Gasteiger partial charge in [0.15, 0.2) is 0 Å². The van der Waals surface area contributed by atoms with Gasteiger partial charge >= 0.3 is 0 Å². The maximum atomic E-state index is 13.1. The summed E-state index contributed by atoms with van der Waals surface area (Å²) in [6.07, 6.45) is 6.01. The topological polar surface area (TPSA) is 53.1 Å². The highest BCUT2D eigenvalue weighted by atomic mass is 16.5. The normalized spacial score (nSPS) is 34.0. The summed E-state index contributed by atoms with van der Waals surface area (Å²) in [7, 11) is 5.94. The molecule has 3 heterocycles. The Kier molecular flexibility index (Phi) is 5.00. The van der Waals surface area contributed by atoms with Crippen LogP contribution in [0.25, 0.3) is 0 Å². The van der Waals surface area contributed by atoms with E-state index in [0.717, 1.165) is 77.9 Å². The largest absolute Gasteiger partial charge is 0.381 e. The van der Waals surface area contributed by atoms with Crippen LogP contribution in [0.1, 0.15) is 38.5 Å². The molecule has 2 amide bonds. The minimum atomic E-state index is -0.203. The molecule has 0 unspecified atom stereocenters. The molecule has 3 saturated heterocycles. The van der Waals surface area contributed by atoms with E-state index in [1.165, 1.54) is 0 Å². The van der Waals surface area contributed by atoms with Crippen LogP contribution in [0.5, 0.6) is 0 Å². The molecule has 0 bridgehead atoms. The number of hydrogen-bond acceptors (Lipinski definition) is 4. The van der Waals surface area contributed by atoms with Gasteiger partial charge in [-0.2, -0.15) is 0 Å². The number of likely N-dealkylation sites (tertiary alicyclic amines) is 2. The van der Waals surface area contributed by atoms with Gasteiger partial charge in [-0.25, -0.2) is 0 Å². The Labute approximate surface area is 163 Å². The van der Waals surface area contributed by atoms with Crippen molar-refractivity contribution in [1.29, 1.82) is 0 Å². The van der Waals surface area contributed by atoms with Crippen LogP contribution in [0.15, 0.2) is 0 Å². The lowest BCUT2D eigenvalue weighted by molar-refractivity contribution is -0.144. The van der Waals surface area contributed by atoms with Gasteiger partial charge in [-0.3, -0.25) is 9.59 Å². The first-order valence-corrected chi connectivity index (χ1v) is 10.6. The fraction of sp³-hybridized carbons (Fsp3) is 0.905. The van der Waals surface area contributed by atoms with Crippen molar-refractivity contribution in [1.82, 2.24) is 14.7 Å². The Morgan fingerprint density at radius 3 is 2.33 bits per heavy atom. The van der Waals surface area contributed by atoms with Gasteiger partial charge in [-0.15, -0.1) is 0 Å². The van der Waals surface area contributed by atoms with Crippen molar-refractivity contribution in [3.63, 3.8) is 0 Å². The summed E-state index contributed by atoms with van der Waals surface area (Å²) >= 11 is 0. The van der Waals surface area contributed by atoms with Crippen LogP contribution in [0.2, 0.25) is 0 Å². The summed E-state index contributed by atoms with van der Waals surface area (Å²) in [6, 6.07) is 0. The average Bonchev–Trinajstić information content (AvgIpc) is 3.17. The molecule has 2 atom stereocenters. The number of ether oxygens (including phenoxy) is 1. The molecule has 1 spiro atoms. The minimum Gasteiger partial charge on any atom is -0.381 e. The highest BCUT2D eigenvalue weighted by molar-refractivity contribution is 5.84. The van der Waals surface area contributed by atoms with Gasteiger partial charge in [-0.1, -0.05) is 0 Å². The van der Waals surface area contributed by atoms with Crippen molar-refractivity contribution < 1.29 is 14.3 Å². The highest BCUT2D eigenvalue weighted by Crippen LogP contribution is 2.62. The maximum absolute atomic E-state index is 13.1. The molecule has 0 aromatic heterocycles. The van der Waals surface area contributed by atoms with Gasteiger partial charge in [0, 0.05) is 59.4 Å². The lowest BCUT2D eigenvalue weighted by Crippen LogP contribution is -2.50. The summed E-state index contributed by atoms with van der Waals surface area (Å²) in [5.74, 6) is 1.24. The quantitative estimate of drug-likeness (QED) is 0.731. The smallest absolute Gasteiger partial charge is 0.229 e. The Bertz CT molecular complexity index is 593. The van der Waals surface area contributed by atoms with Crippen LogP contribution in [-0.4, -0.2) is 87.0 Å². The zero-order chi connectivity index (χ0) is 19.2. The number of carbonyl (C=O) groups excluding carboxylic acids is 2. The summed E-state index contributed by atoms with van der Waals surface area (Å²) in [5.41, 5.74) is 0.0357. The van der Waals surface area contributed by atoms with Crippen LogP contribution in [0.3, 0.4) is 0 Å². The van der Waals surface area contributed by atoms with Crippen molar-refractivity contribution >= 4 is 11.8 Å². The summed E-state index contributed by atoms with van der Waals surface area (Å²) in [4.78, 5) is 32.3. The second-order valence-corrected chi connectivity index (χ2v) is 9.68. The van der Waals surface area contributed by atoms with Crippen LogP contribution in [0.4, 0.5) is 0 Å². The van der Waals surface area contributed by atoms with Gasteiger partial charge in [-0.05, 0) is 56.9 Å². The summed E-state index contributed by atoms with van der Waals surface area (Å²) in [6.45, 7) is 5.08. The SMILES string of the molecule is CN1C[C@@H]2C3(CCN(C(=O)C4CCOCC4)CC3)CC[C@]2(C(=O)N(C)C)C1. The van der Waals surface area contributed by atoms with Gasteiger partial charge in [0.25, 0.3) is 0 Å². The molecule has 1 saturated carbocycles. The number of amides is 2. The predicted octanol–water partition coefficient (Wildman–Crippen LogP) is 1.45. The molecule has 0 radical (unpaired) electrons. The molecule has 4 rings (SSSR count). The number of hydrogen-bond donors (Lipinski definition) is 0. The Morgan fingerprint density at radius 2 is 1.70 bits per heavy atom. The standard InChI is InChI=1S/C21H35N3O3/c1-22(2)19(26)21-7-6-20(17(21)14-23(3)15-21)8-10-24(11-9-20)18(25)16-4-12-27-13-5-16/h16-17H,4-15H2,1-3H3/t17-,21+/m1/s1. The third-order valence-electron chi connectivity index (χ3n) is 8.00. The Morgan fingerprint density at radius 1 is 1.04 bits per heavy atom. The molecule has 4 fully saturated rings. The molecule has 152 valence electrons. The second kappa shape index (κ2) is 7.03. The van der Waals surface area contributed by atoms with Crippen LogP contribution in [0, 0.1) is 22.7 Å². The van der Waals surface area contributed by atoms with Crippen molar-refractivity contribution in [3.8, 4) is 0 Å². The molecule has 6 heteroatoms. The Balaban J connectivity index is 1.46. The molecular weight excluding hydrogens is 342 g/mol. The molecule has 0 aromatic carbocycles. The van der Waals surface area contributed by atoms with Gasteiger partial charge in [0.2, 0.25) is 11.8 Å². The van der Waals surface area contributed by atoms with E-state index in [1.807, 2.05) is 14.1 Å². The molecule has 3 aliphatic heterocycles. The Hall–Kier alpha value is -1.14. The van der Waals surface area contributed by atoms with Gasteiger partial charge in [0.1, 0.15) is 0 Å². The van der Waals surface area contributed by atoms with Gasteiger partial charge < -0.3 is 19.4 Å². The van der Waals surface area contributed by atoms with E-state index in [-0.39, 0.29) is 16.7 Å². The zero-order valence-electron chi connectivity index (χ0n) is 17.2. The van der Waals surface area contributed by atoms with Crippen molar-refractivity contribution in [2.75, 3.05) is 60.5 Å². The van der Waals surface area contributed by atoms with E-state index in [9.17, 15) is 9.59 Å². The fourth-order valence-electron chi connectivity index (χ4n) is 6.56. The minimum absolute atomic E-state index is 0.156. The van der Waals surface area contributed by atoms with E-state index in [1.54, 1.807) is 4.90 Å². The first-order chi connectivity index (χ1) is 12.9. The molecule has 4 aliphatic rings. The predicted molar refractivity (Wildman–Crippen MR) is 103 cm³/mol. The number of nitrogens with zero attached hydrogens (tertiary/aromatic N) is 3. The lowest BCUT2D eigenvalue weighted by Gasteiger charge is -2.45. The fourth-order valence-corrected chi connectivity index (χ4v) is 6.56. The van der Waals surface area contributed by atoms with Crippen LogP contribution < -0.4 is 0 Å². The number of fused-ring (bicyclic) bond motifs is 2. The van der Waals surface area contributed by atoms with E-state index < -0.39 is 0 Å². The molecule has 6 nitrogen and oxygen atoms in total. The molecule has 0 N–H and O–H groups in total. The van der Waals surface area contributed by atoms with E-state index in [0.29, 0.717) is 17.7 Å². The second-order valence-electron chi connectivity index (χ2n) is 9.68. The first kappa shape index (κ1) is 19.2. The number of piperidine rings is 1. The van der Waals surface area contributed by atoms with Crippen molar-refractivity contribution in [2.24, 2.45) is 22.7 Å². The number of rotatable bonds is 2. The first-order valence-electron chi connectivity index (χ1n) is 10.6. The summed E-state index contributed by atoms with van der Waals surface area (Å²) < 4.78 is 5.41. The average molecular weight is 378 g/mol. The van der Waals surface area contributed by atoms with Crippen LogP contribution in [-0.2, 0) is 14.3 Å². The van der Waals surface area contributed by atoms with E-state index >= 15 is 0 Å². The van der Waals surface area contributed by atoms with E-state index in [4.69, 9.17) is 4.74 Å². The lowest BCUT2D eigenvalue weighted by atomic mass is 9.65. The van der Waals surface area contributed by atoms with Crippen LogP contribution >= 0.6 is 0 Å². The maximum Gasteiger partial charge on any atom is 0.229 e. The molecular formula is C21H35N3O3. The summed E-state index contributed by atoms with van der Waals surface area (Å²) in [5, 5.41) is 0. The zero-order valence-corrected chi connectivity index (χ0v) is 17.2. The van der Waals surface area contributed by atoms with E-state index in [2.05, 4.69) is 16.8 Å². The monoisotopic (exact) mass is 377 g/mol. The number of carbonyl (C=O) groups is 2. The third-order valence-corrected chi connectivity index (χ3v) is 8.00. The highest BCUT2D eigenvalue weighted by Gasteiger charge is 2.64. The molecule has 0 aromatic rings. The molecule has 1 aliphatic carbocycles.